The molecule has 0 radical (unpaired) electrons. The van der Waals surface area contributed by atoms with Crippen molar-refractivity contribution in [1.82, 2.24) is 14.9 Å². The van der Waals surface area contributed by atoms with Gasteiger partial charge in [0, 0.05) is 37.9 Å². The molecule has 9 nitrogen and oxygen atoms in total. The lowest BCUT2D eigenvalue weighted by atomic mass is 9.93. The Morgan fingerprint density at radius 3 is 2.53 bits per heavy atom. The average molecular weight is 452 g/mol. The average Bonchev–Trinajstić information content (AvgIpc) is 3.02. The summed E-state index contributed by atoms with van der Waals surface area (Å²) in [6.07, 6.45) is 2.10. The summed E-state index contributed by atoms with van der Waals surface area (Å²) >= 11 is 0. The summed E-state index contributed by atoms with van der Waals surface area (Å²) in [4.78, 5) is 23.7. The zero-order valence-electron chi connectivity index (χ0n) is 16.7. The van der Waals surface area contributed by atoms with Gasteiger partial charge in [-0.05, 0) is 39.5 Å². The van der Waals surface area contributed by atoms with Crippen LogP contribution in [-0.2, 0) is 14.9 Å². The van der Waals surface area contributed by atoms with Crippen LogP contribution in [0.4, 0.5) is 23.9 Å². The largest absolute Gasteiger partial charge is 0.534 e. The number of nitrogens with zero attached hydrogens (tertiary/aromatic N) is 4. The molecule has 0 bridgehead atoms. The van der Waals surface area contributed by atoms with Crippen LogP contribution in [-0.4, -0.2) is 66.2 Å². The molecule has 2 atom stereocenters. The highest BCUT2D eigenvalue weighted by Crippen LogP contribution is 2.34. The van der Waals surface area contributed by atoms with E-state index in [0.29, 0.717) is 26.1 Å². The molecule has 1 aromatic heterocycles. The summed E-state index contributed by atoms with van der Waals surface area (Å²) in [5.74, 6) is -0.529. The van der Waals surface area contributed by atoms with E-state index in [1.807, 2.05) is 0 Å². The first-order chi connectivity index (χ1) is 13.8. The van der Waals surface area contributed by atoms with Crippen molar-refractivity contribution in [3.63, 3.8) is 0 Å². The van der Waals surface area contributed by atoms with Crippen LogP contribution in [0, 0.1) is 5.92 Å². The van der Waals surface area contributed by atoms with Crippen LogP contribution in [0.3, 0.4) is 0 Å². The fraction of sp³-hybridized carbons (Fsp3) is 0.706. The Balaban J connectivity index is 1.68. The lowest BCUT2D eigenvalue weighted by Crippen LogP contribution is -2.49. The minimum absolute atomic E-state index is 0.0128. The van der Waals surface area contributed by atoms with Gasteiger partial charge < -0.3 is 18.7 Å². The number of alkyl halides is 3. The summed E-state index contributed by atoms with van der Waals surface area (Å²) in [5.41, 5.74) is -6.15. The zero-order valence-corrected chi connectivity index (χ0v) is 17.5. The highest BCUT2D eigenvalue weighted by Gasteiger charge is 2.49. The molecule has 1 amide bonds. The molecule has 2 fully saturated rings. The fourth-order valence-electron chi connectivity index (χ4n) is 3.60. The van der Waals surface area contributed by atoms with E-state index >= 15 is 0 Å². The van der Waals surface area contributed by atoms with E-state index in [-0.39, 0.29) is 24.0 Å². The molecule has 13 heteroatoms. The van der Waals surface area contributed by atoms with Crippen molar-refractivity contribution in [3.8, 4) is 5.88 Å². The van der Waals surface area contributed by atoms with E-state index in [4.69, 9.17) is 4.74 Å². The highest BCUT2D eigenvalue weighted by molar-refractivity contribution is 7.87. The Labute approximate surface area is 172 Å². The number of hydrogen-bond acceptors (Lipinski definition) is 8. The van der Waals surface area contributed by atoms with Crippen molar-refractivity contribution >= 4 is 22.2 Å². The fourth-order valence-corrected chi connectivity index (χ4v) is 4.02. The molecule has 2 aliphatic heterocycles. The lowest BCUT2D eigenvalue weighted by molar-refractivity contribution is -0.0501. The number of carbonyl (C=O) groups excluding carboxylic acids is 1. The first-order valence-corrected chi connectivity index (χ1v) is 10.8. The van der Waals surface area contributed by atoms with E-state index in [9.17, 15) is 26.4 Å². The van der Waals surface area contributed by atoms with E-state index < -0.39 is 27.1 Å². The summed E-state index contributed by atoms with van der Waals surface area (Å²) in [6, 6.07) is 0.931. The van der Waals surface area contributed by atoms with Crippen molar-refractivity contribution in [3.05, 3.63) is 12.3 Å². The molecule has 0 N–H and O–H groups in total. The molecule has 168 valence electrons. The second kappa shape index (κ2) is 7.75. The smallest absolute Gasteiger partial charge is 0.444 e. The number of amides is 1. The number of carbonyl (C=O) groups is 1. The molecule has 1 aromatic rings. The quantitative estimate of drug-likeness (QED) is 0.509. The van der Waals surface area contributed by atoms with Gasteiger partial charge in [0.05, 0.1) is 0 Å². The predicted octanol–water partition coefficient (Wildman–Crippen LogP) is 2.54. The first kappa shape index (κ1) is 22.4. The Kier molecular flexibility index (Phi) is 5.78. The van der Waals surface area contributed by atoms with Crippen molar-refractivity contribution < 1.29 is 35.3 Å². The van der Waals surface area contributed by atoms with Crippen molar-refractivity contribution in [2.24, 2.45) is 5.92 Å². The Morgan fingerprint density at radius 2 is 1.90 bits per heavy atom. The molecule has 2 aliphatic rings. The number of anilines is 1. The molecular formula is C17H23F3N4O5S. The van der Waals surface area contributed by atoms with Crippen molar-refractivity contribution in [2.45, 2.75) is 50.8 Å². The molecule has 0 saturated carbocycles. The summed E-state index contributed by atoms with van der Waals surface area (Å²) in [5, 5.41) is 0. The standard InChI is InChI=1S/C17H23F3N4O5S/c1-16(2,3)28-15(25)24-9-5-11-10-23(8-6-12(11)24)14-21-7-4-13(22-14)29-30(26,27)17(18,19)20/h4,7,11-12H,5-6,8-10H2,1-3H3/t11-,12+/m1/s1. The molecule has 0 unspecified atom stereocenters. The van der Waals surface area contributed by atoms with Gasteiger partial charge in [0.1, 0.15) is 5.60 Å². The predicted molar refractivity (Wildman–Crippen MR) is 99.3 cm³/mol. The molecule has 3 rings (SSSR count). The minimum Gasteiger partial charge on any atom is -0.444 e. The first-order valence-electron chi connectivity index (χ1n) is 9.35. The van der Waals surface area contributed by atoms with Gasteiger partial charge in [-0.15, -0.1) is 0 Å². The van der Waals surface area contributed by atoms with Gasteiger partial charge in [0.25, 0.3) is 0 Å². The molecule has 0 spiro atoms. The maximum absolute atomic E-state index is 12.5. The summed E-state index contributed by atoms with van der Waals surface area (Å²) in [6.45, 7) is 6.85. The molecule has 3 heterocycles. The van der Waals surface area contributed by atoms with Gasteiger partial charge in [-0.25, -0.2) is 9.78 Å². The highest BCUT2D eigenvalue weighted by atomic mass is 32.2. The lowest BCUT2D eigenvalue weighted by Gasteiger charge is -2.38. The van der Waals surface area contributed by atoms with Gasteiger partial charge in [-0.3, -0.25) is 0 Å². The third kappa shape index (κ3) is 4.87. The number of rotatable bonds is 3. The van der Waals surface area contributed by atoms with Gasteiger partial charge in [0.15, 0.2) is 0 Å². The van der Waals surface area contributed by atoms with E-state index in [1.165, 1.54) is 0 Å². The molecule has 30 heavy (non-hydrogen) atoms. The Hall–Kier alpha value is -2.31. The SMILES string of the molecule is CC(C)(C)OC(=O)N1CC[C@@H]2CN(c3nccc(OS(=O)(=O)C(F)(F)F)n3)CC[C@@H]21. The van der Waals surface area contributed by atoms with Crippen molar-refractivity contribution in [2.75, 3.05) is 24.5 Å². The normalized spacial score (nSPS) is 22.6. The van der Waals surface area contributed by atoms with Gasteiger partial charge in [-0.1, -0.05) is 0 Å². The molecule has 2 saturated heterocycles. The van der Waals surface area contributed by atoms with Crippen LogP contribution < -0.4 is 9.08 Å². The van der Waals surface area contributed by atoms with E-state index in [1.54, 1.807) is 30.6 Å². The second-order valence-corrected chi connectivity index (χ2v) is 9.74. The van der Waals surface area contributed by atoms with E-state index in [0.717, 1.165) is 18.7 Å². The molecule has 0 aliphatic carbocycles. The number of ether oxygens (including phenoxy) is 1. The second-order valence-electron chi connectivity index (χ2n) is 8.20. The summed E-state index contributed by atoms with van der Waals surface area (Å²) < 4.78 is 69.5. The van der Waals surface area contributed by atoms with Crippen molar-refractivity contribution in [1.29, 1.82) is 0 Å². The Bertz CT molecular complexity index is 903. The zero-order chi connectivity index (χ0) is 22.3. The maximum Gasteiger partial charge on any atom is 0.534 e. The number of likely N-dealkylation sites (tertiary alicyclic amines) is 1. The third-order valence-corrected chi connectivity index (χ3v) is 5.80. The number of piperidine rings is 1. The number of fused-ring (bicyclic) bond motifs is 1. The number of halogens is 3. The van der Waals surface area contributed by atoms with Gasteiger partial charge in [0.2, 0.25) is 11.8 Å². The van der Waals surface area contributed by atoms with Gasteiger partial charge >= 0.3 is 21.7 Å². The number of hydrogen-bond donors (Lipinski definition) is 0. The summed E-state index contributed by atoms with van der Waals surface area (Å²) in [7, 11) is -5.81. The van der Waals surface area contributed by atoms with Crippen LogP contribution >= 0.6 is 0 Å². The van der Waals surface area contributed by atoms with Crippen LogP contribution in [0.5, 0.6) is 5.88 Å². The van der Waals surface area contributed by atoms with Crippen LogP contribution in [0.15, 0.2) is 12.3 Å². The topological polar surface area (TPSA) is 102 Å². The van der Waals surface area contributed by atoms with Crippen LogP contribution in [0.1, 0.15) is 33.6 Å². The van der Waals surface area contributed by atoms with Gasteiger partial charge in [-0.2, -0.15) is 26.6 Å². The third-order valence-electron chi connectivity index (χ3n) is 4.84. The van der Waals surface area contributed by atoms with Crippen LogP contribution in [0.2, 0.25) is 0 Å². The van der Waals surface area contributed by atoms with E-state index in [2.05, 4.69) is 14.2 Å². The molecule has 0 aromatic carbocycles. The number of aromatic nitrogens is 2. The maximum atomic E-state index is 12.5. The van der Waals surface area contributed by atoms with Crippen LogP contribution in [0.25, 0.3) is 0 Å². The molecular weight excluding hydrogens is 429 g/mol. The Morgan fingerprint density at radius 1 is 1.20 bits per heavy atom. The minimum atomic E-state index is -5.81. The monoisotopic (exact) mass is 452 g/mol.